The molecule has 0 aliphatic carbocycles. The van der Waals surface area contributed by atoms with Crippen molar-refractivity contribution in [3.05, 3.63) is 41.1 Å². The van der Waals surface area contributed by atoms with Gasteiger partial charge in [-0.25, -0.2) is 0 Å². The largest absolute Gasteiger partial charge is 0.438 e. The lowest BCUT2D eigenvalue weighted by Gasteiger charge is -2.13. The summed E-state index contributed by atoms with van der Waals surface area (Å²) in [6.07, 6.45) is -4.50. The van der Waals surface area contributed by atoms with E-state index in [1.165, 1.54) is 0 Å². The lowest BCUT2D eigenvalue weighted by Crippen LogP contribution is -2.15. The molecule has 8 heteroatoms. The first kappa shape index (κ1) is 13.2. The van der Waals surface area contributed by atoms with Crippen molar-refractivity contribution in [3.63, 3.8) is 0 Å². The van der Waals surface area contributed by atoms with Gasteiger partial charge in [-0.15, -0.1) is 9.89 Å². The topological polar surface area (TPSA) is 43.1 Å². The fourth-order valence-electron chi connectivity index (χ4n) is 1.80. The Kier molecular flexibility index (Phi) is 3.04. The summed E-state index contributed by atoms with van der Waals surface area (Å²) in [5.41, 5.74) is 1.69. The zero-order valence-corrected chi connectivity index (χ0v) is 11.2. The van der Waals surface area contributed by atoms with Crippen molar-refractivity contribution in [2.24, 2.45) is 5.10 Å². The average Bonchev–Trinajstić information content (AvgIpc) is 2.82. The van der Waals surface area contributed by atoms with Gasteiger partial charge in [0, 0.05) is 5.75 Å². The van der Waals surface area contributed by atoms with E-state index >= 15 is 0 Å². The fourth-order valence-corrected chi connectivity index (χ4v) is 2.79. The minimum Gasteiger partial charge on any atom is -0.164 e. The maximum Gasteiger partial charge on any atom is 0.438 e. The highest BCUT2D eigenvalue weighted by Crippen LogP contribution is 2.36. The predicted octanol–water partition coefficient (Wildman–Crippen LogP) is 2.96. The molecule has 20 heavy (non-hydrogen) atoms. The van der Waals surface area contributed by atoms with Crippen molar-refractivity contribution in [2.45, 2.75) is 18.1 Å². The lowest BCUT2D eigenvalue weighted by molar-refractivity contribution is -0.143. The summed E-state index contributed by atoms with van der Waals surface area (Å²) in [5, 5.41) is 10.7. The van der Waals surface area contributed by atoms with E-state index in [4.69, 9.17) is 0 Å². The Morgan fingerprint density at radius 2 is 1.90 bits per heavy atom. The van der Waals surface area contributed by atoms with Crippen molar-refractivity contribution in [3.8, 4) is 0 Å². The predicted molar refractivity (Wildman–Crippen MR) is 68.9 cm³/mol. The fraction of sp³-hybridized carbons (Fsp3) is 0.250. The van der Waals surface area contributed by atoms with Crippen LogP contribution in [0.25, 0.3) is 0 Å². The number of nitrogens with zero attached hydrogens (tertiary/aromatic N) is 4. The minimum atomic E-state index is -4.50. The lowest BCUT2D eigenvalue weighted by atomic mass is 10.1. The molecule has 0 bridgehead atoms. The molecule has 104 valence electrons. The quantitative estimate of drug-likeness (QED) is 0.813. The van der Waals surface area contributed by atoms with Gasteiger partial charge in [0.25, 0.3) is 0 Å². The third-order valence-corrected chi connectivity index (χ3v) is 3.88. The Balaban J connectivity index is 1.99. The molecule has 0 fully saturated rings. The van der Waals surface area contributed by atoms with Crippen molar-refractivity contribution >= 4 is 17.5 Å². The monoisotopic (exact) mass is 298 g/mol. The number of aromatic nitrogens is 3. The average molecular weight is 298 g/mol. The number of alkyl halides is 3. The number of hydrogen-bond donors (Lipinski definition) is 0. The van der Waals surface area contributed by atoms with Crippen molar-refractivity contribution in [2.75, 3.05) is 5.75 Å². The van der Waals surface area contributed by atoms with Gasteiger partial charge in [0.2, 0.25) is 5.69 Å². The number of benzene rings is 1. The molecule has 3 rings (SSSR count). The molecule has 4 nitrogen and oxygen atoms in total. The molecule has 0 unspecified atom stereocenters. The van der Waals surface area contributed by atoms with Gasteiger partial charge in [0.1, 0.15) is 0 Å². The Bertz CT molecular complexity index is 673. The normalized spacial score (nSPS) is 14.9. The van der Waals surface area contributed by atoms with Crippen molar-refractivity contribution < 1.29 is 13.2 Å². The van der Waals surface area contributed by atoms with Crippen molar-refractivity contribution in [1.82, 2.24) is 15.1 Å². The summed E-state index contributed by atoms with van der Waals surface area (Å²) in [5.74, 6) is 0.361. The summed E-state index contributed by atoms with van der Waals surface area (Å²) in [6.45, 7) is 1.96. The molecule has 0 amide bonds. The first-order chi connectivity index (χ1) is 9.45. The molecule has 0 atom stereocenters. The van der Waals surface area contributed by atoms with Crippen LogP contribution in [0, 0.1) is 6.92 Å². The Morgan fingerprint density at radius 1 is 1.20 bits per heavy atom. The van der Waals surface area contributed by atoms with Crippen LogP contribution in [0.3, 0.4) is 0 Å². The summed E-state index contributed by atoms with van der Waals surface area (Å²) >= 11 is 1.04. The van der Waals surface area contributed by atoms with Crippen LogP contribution < -0.4 is 0 Å². The first-order valence-corrected chi connectivity index (χ1v) is 6.74. The molecule has 0 radical (unpaired) electrons. The molecule has 1 aromatic heterocycles. The Morgan fingerprint density at radius 3 is 2.55 bits per heavy atom. The molecule has 2 aromatic rings. The van der Waals surface area contributed by atoms with Crippen LogP contribution in [0.2, 0.25) is 0 Å². The van der Waals surface area contributed by atoms with Gasteiger partial charge in [-0.3, -0.25) is 0 Å². The molecule has 1 aliphatic rings. The summed E-state index contributed by atoms with van der Waals surface area (Å²) in [6, 6.07) is 7.64. The van der Waals surface area contributed by atoms with Crippen molar-refractivity contribution in [1.29, 1.82) is 0 Å². The molecule has 1 aromatic carbocycles. The Hall–Kier alpha value is -1.83. The number of rotatable bonds is 1. The zero-order chi connectivity index (χ0) is 14.3. The Labute approximate surface area is 116 Å². The number of aryl methyl sites for hydroxylation is 1. The number of thioether (sulfide) groups is 1. The number of fused-ring (bicyclic) bond motifs is 1. The zero-order valence-electron chi connectivity index (χ0n) is 10.3. The van der Waals surface area contributed by atoms with E-state index in [9.17, 15) is 13.2 Å². The molecular weight excluding hydrogens is 289 g/mol. The first-order valence-electron chi connectivity index (χ1n) is 5.76. The molecular formula is C12H9F3N4S. The second-order valence-electron chi connectivity index (χ2n) is 4.33. The maximum atomic E-state index is 12.7. The van der Waals surface area contributed by atoms with Crippen LogP contribution in [-0.2, 0) is 6.18 Å². The van der Waals surface area contributed by atoms with Crippen LogP contribution >= 0.6 is 11.8 Å². The van der Waals surface area contributed by atoms with Gasteiger partial charge in [-0.05, 0) is 17.7 Å². The second kappa shape index (κ2) is 4.62. The SMILES string of the molecule is Cc1ccc(C2=Nn3nnc(C(F)(F)F)c3SC2)cc1. The van der Waals surface area contributed by atoms with Gasteiger partial charge in [0.05, 0.1) is 5.71 Å². The van der Waals surface area contributed by atoms with Crippen LogP contribution in [0.1, 0.15) is 16.8 Å². The molecule has 0 spiro atoms. The van der Waals surface area contributed by atoms with E-state index < -0.39 is 11.9 Å². The van der Waals surface area contributed by atoms with Gasteiger partial charge in [0.15, 0.2) is 5.03 Å². The second-order valence-corrected chi connectivity index (χ2v) is 5.30. The van der Waals surface area contributed by atoms with Gasteiger partial charge in [-0.1, -0.05) is 41.6 Å². The number of halogens is 3. The summed E-state index contributed by atoms with van der Waals surface area (Å²) < 4.78 is 38.1. The number of hydrogen-bond acceptors (Lipinski definition) is 4. The summed E-state index contributed by atoms with van der Waals surface area (Å²) in [7, 11) is 0. The van der Waals surface area contributed by atoms with E-state index in [0.29, 0.717) is 11.5 Å². The smallest absolute Gasteiger partial charge is 0.164 e. The third-order valence-electron chi connectivity index (χ3n) is 2.83. The highest BCUT2D eigenvalue weighted by Gasteiger charge is 2.40. The molecule has 0 saturated carbocycles. The van der Waals surface area contributed by atoms with Gasteiger partial charge < -0.3 is 0 Å². The van der Waals surface area contributed by atoms with E-state index in [1.54, 1.807) is 0 Å². The van der Waals surface area contributed by atoms with Crippen LogP contribution in [0.15, 0.2) is 34.4 Å². The van der Waals surface area contributed by atoms with Crippen LogP contribution in [0.4, 0.5) is 13.2 Å². The highest BCUT2D eigenvalue weighted by molar-refractivity contribution is 8.00. The standard InChI is InChI=1S/C12H9F3N4S/c1-7-2-4-8(5-3-7)9-6-20-11-10(12(13,14)15)16-18-19(11)17-9/h2-5H,6H2,1H3. The van der Waals surface area contributed by atoms with Crippen LogP contribution in [0.5, 0.6) is 0 Å². The van der Waals surface area contributed by atoms with Crippen LogP contribution in [-0.4, -0.2) is 26.6 Å². The van der Waals surface area contributed by atoms with Gasteiger partial charge >= 0.3 is 6.18 Å². The maximum absolute atomic E-state index is 12.7. The van der Waals surface area contributed by atoms with E-state index in [2.05, 4.69) is 15.4 Å². The third kappa shape index (κ3) is 2.31. The summed E-state index contributed by atoms with van der Waals surface area (Å²) in [4.78, 5) is 0.951. The molecule has 2 heterocycles. The molecule has 1 aliphatic heterocycles. The van der Waals surface area contributed by atoms with E-state index in [-0.39, 0.29) is 5.03 Å². The van der Waals surface area contributed by atoms with Gasteiger partial charge in [-0.2, -0.15) is 18.3 Å². The van der Waals surface area contributed by atoms with E-state index in [0.717, 1.165) is 27.7 Å². The molecule has 0 N–H and O–H groups in total. The highest BCUT2D eigenvalue weighted by atomic mass is 32.2. The van der Waals surface area contributed by atoms with E-state index in [1.807, 2.05) is 31.2 Å². The minimum absolute atomic E-state index is 0.0617. The molecule has 0 saturated heterocycles.